The lowest BCUT2D eigenvalue weighted by Gasteiger charge is -2.14. The topological polar surface area (TPSA) is 88.5 Å². The lowest BCUT2D eigenvalue weighted by molar-refractivity contribution is -0.123. The smallest absolute Gasteiger partial charge is 0.342 e. The zero-order chi connectivity index (χ0) is 18.7. The van der Waals surface area contributed by atoms with E-state index >= 15 is 0 Å². The highest BCUT2D eigenvalue weighted by Gasteiger charge is 2.22. The summed E-state index contributed by atoms with van der Waals surface area (Å²) in [5, 5.41) is 14.6. The zero-order valence-electron chi connectivity index (χ0n) is 13.8. The van der Waals surface area contributed by atoms with E-state index in [2.05, 4.69) is 10.3 Å². The fraction of sp³-hybridized carbons (Fsp3) is 0.105. The van der Waals surface area contributed by atoms with Crippen LogP contribution in [-0.4, -0.2) is 28.1 Å². The van der Waals surface area contributed by atoms with Crippen molar-refractivity contribution >= 4 is 40.1 Å². The number of hydrogen-bond acceptors (Lipinski definition) is 5. The molecule has 0 spiro atoms. The van der Waals surface area contributed by atoms with Crippen molar-refractivity contribution < 1.29 is 19.4 Å². The maximum absolute atomic E-state index is 12.3. The van der Waals surface area contributed by atoms with Crippen LogP contribution in [-0.2, 0) is 9.53 Å². The Bertz CT molecular complexity index is 973. The Morgan fingerprint density at radius 3 is 2.65 bits per heavy atom. The first-order valence-corrected chi connectivity index (χ1v) is 8.17. The van der Waals surface area contributed by atoms with Crippen LogP contribution in [0.1, 0.15) is 17.3 Å². The number of rotatable bonds is 4. The van der Waals surface area contributed by atoms with E-state index in [4.69, 9.17) is 16.3 Å². The number of amides is 1. The van der Waals surface area contributed by atoms with Crippen LogP contribution in [0, 0.1) is 0 Å². The molecule has 7 heteroatoms. The van der Waals surface area contributed by atoms with Crippen LogP contribution in [0.15, 0.2) is 54.7 Å². The number of carbonyl (C=O) groups excluding carboxylic acids is 2. The number of benzene rings is 2. The predicted molar refractivity (Wildman–Crippen MR) is 98.4 cm³/mol. The van der Waals surface area contributed by atoms with Gasteiger partial charge in [0.15, 0.2) is 6.10 Å². The van der Waals surface area contributed by atoms with Gasteiger partial charge >= 0.3 is 5.97 Å². The van der Waals surface area contributed by atoms with E-state index < -0.39 is 18.0 Å². The van der Waals surface area contributed by atoms with Crippen molar-refractivity contribution in [2.24, 2.45) is 0 Å². The number of nitrogens with zero attached hydrogens (tertiary/aromatic N) is 1. The summed E-state index contributed by atoms with van der Waals surface area (Å²) in [6.07, 6.45) is 0.312. The van der Waals surface area contributed by atoms with Crippen LogP contribution < -0.4 is 5.32 Å². The minimum Gasteiger partial charge on any atom is -0.506 e. The number of phenols is 1. The lowest BCUT2D eigenvalue weighted by atomic mass is 10.1. The Morgan fingerprint density at radius 2 is 1.92 bits per heavy atom. The molecule has 2 N–H and O–H groups in total. The van der Waals surface area contributed by atoms with Crippen LogP contribution in [0.25, 0.3) is 10.8 Å². The van der Waals surface area contributed by atoms with E-state index in [0.29, 0.717) is 10.4 Å². The summed E-state index contributed by atoms with van der Waals surface area (Å²) in [4.78, 5) is 28.4. The van der Waals surface area contributed by atoms with Crippen molar-refractivity contribution in [3.05, 3.63) is 65.3 Å². The van der Waals surface area contributed by atoms with Crippen molar-refractivity contribution in [3.8, 4) is 5.75 Å². The molecule has 2 aromatic carbocycles. The van der Waals surface area contributed by atoms with Crippen LogP contribution in [0.2, 0.25) is 5.02 Å². The molecule has 0 saturated heterocycles. The number of aromatic nitrogens is 1. The van der Waals surface area contributed by atoms with Crippen LogP contribution in [0.4, 0.5) is 5.82 Å². The van der Waals surface area contributed by atoms with Crippen molar-refractivity contribution in [3.63, 3.8) is 0 Å². The molecule has 0 aliphatic heterocycles. The molecule has 1 heterocycles. The summed E-state index contributed by atoms with van der Waals surface area (Å²) in [6, 6.07) is 13.4. The number of phenolic OH excluding ortho intramolecular Hbond substituents is 1. The largest absolute Gasteiger partial charge is 0.506 e. The van der Waals surface area contributed by atoms with Crippen molar-refractivity contribution in [2.45, 2.75) is 13.0 Å². The molecule has 0 aliphatic carbocycles. The fourth-order valence-electron chi connectivity index (χ4n) is 2.38. The molecule has 6 nitrogen and oxygen atoms in total. The van der Waals surface area contributed by atoms with E-state index in [1.54, 1.807) is 24.3 Å². The zero-order valence-corrected chi connectivity index (χ0v) is 14.5. The molecule has 1 atom stereocenters. The van der Waals surface area contributed by atoms with Crippen LogP contribution in [0.3, 0.4) is 0 Å². The van der Waals surface area contributed by atoms with Crippen LogP contribution >= 0.6 is 11.6 Å². The number of ether oxygens (including phenoxy) is 1. The average molecular weight is 371 g/mol. The standard InChI is InChI=1S/C19H15ClN2O4/c1-11(18(24)22-16-9-7-13(20)10-21-16)26-19(25)15-8-6-12-4-2-3-5-14(12)17(15)23/h2-11,23H,1H3,(H,21,22,24)/t11-/m0/s1. The fourth-order valence-corrected chi connectivity index (χ4v) is 2.49. The summed E-state index contributed by atoms with van der Waals surface area (Å²) in [5.74, 6) is -1.23. The first-order valence-electron chi connectivity index (χ1n) is 7.80. The van der Waals surface area contributed by atoms with Gasteiger partial charge in [0.25, 0.3) is 5.91 Å². The number of hydrogen-bond donors (Lipinski definition) is 2. The maximum Gasteiger partial charge on any atom is 0.342 e. The molecule has 1 aromatic heterocycles. The SMILES string of the molecule is C[C@H](OC(=O)c1ccc2ccccc2c1O)C(=O)Nc1ccc(Cl)cn1. The highest BCUT2D eigenvalue weighted by atomic mass is 35.5. The summed E-state index contributed by atoms with van der Waals surface area (Å²) < 4.78 is 5.16. The molecule has 0 fully saturated rings. The Balaban J connectivity index is 1.71. The van der Waals surface area contributed by atoms with Gasteiger partial charge in [-0.15, -0.1) is 0 Å². The predicted octanol–water partition coefficient (Wildman–Crippen LogP) is 3.78. The third-order valence-corrected chi connectivity index (χ3v) is 3.98. The summed E-state index contributed by atoms with van der Waals surface area (Å²) >= 11 is 5.74. The molecule has 3 rings (SSSR count). The van der Waals surface area contributed by atoms with E-state index in [1.807, 2.05) is 12.1 Å². The van der Waals surface area contributed by atoms with Crippen molar-refractivity contribution in [1.82, 2.24) is 4.98 Å². The molecule has 26 heavy (non-hydrogen) atoms. The Morgan fingerprint density at radius 1 is 1.15 bits per heavy atom. The first-order chi connectivity index (χ1) is 12.5. The number of esters is 1. The lowest BCUT2D eigenvalue weighted by Crippen LogP contribution is -2.30. The van der Waals surface area contributed by atoms with Crippen molar-refractivity contribution in [1.29, 1.82) is 0 Å². The van der Waals surface area contributed by atoms with Gasteiger partial charge in [0, 0.05) is 11.6 Å². The number of nitrogens with one attached hydrogen (secondary N) is 1. The molecular weight excluding hydrogens is 356 g/mol. The summed E-state index contributed by atoms with van der Waals surface area (Å²) in [7, 11) is 0. The second-order valence-corrected chi connectivity index (χ2v) is 6.02. The van der Waals surface area contributed by atoms with Gasteiger partial charge in [0.05, 0.1) is 5.02 Å². The van der Waals surface area contributed by atoms with E-state index in [-0.39, 0.29) is 17.1 Å². The molecule has 0 radical (unpaired) electrons. The molecule has 0 bridgehead atoms. The average Bonchev–Trinajstić information content (AvgIpc) is 2.64. The number of halogens is 1. The van der Waals surface area contributed by atoms with Gasteiger partial charge in [-0.3, -0.25) is 4.79 Å². The highest BCUT2D eigenvalue weighted by Crippen LogP contribution is 2.29. The molecule has 1 amide bonds. The number of aromatic hydroxyl groups is 1. The summed E-state index contributed by atoms with van der Waals surface area (Å²) in [5.41, 5.74) is -0.00651. The van der Waals surface area contributed by atoms with Gasteiger partial charge in [0.2, 0.25) is 0 Å². The number of pyridine rings is 1. The van der Waals surface area contributed by atoms with Crippen molar-refractivity contribution in [2.75, 3.05) is 5.32 Å². The van der Waals surface area contributed by atoms with E-state index in [9.17, 15) is 14.7 Å². The molecule has 0 aliphatic rings. The normalized spacial score (nSPS) is 11.8. The van der Waals surface area contributed by atoms with Gasteiger partial charge in [-0.25, -0.2) is 9.78 Å². The second kappa shape index (κ2) is 7.41. The van der Waals surface area contributed by atoms with Crippen LogP contribution in [0.5, 0.6) is 5.75 Å². The monoisotopic (exact) mass is 370 g/mol. The first kappa shape index (κ1) is 17.7. The minimum atomic E-state index is -1.08. The Labute approximate surface area is 154 Å². The number of anilines is 1. The Kier molecular flexibility index (Phi) is 5.04. The molecule has 3 aromatic rings. The molecule has 0 unspecified atom stereocenters. The molecule has 0 saturated carbocycles. The van der Waals surface area contributed by atoms with E-state index in [0.717, 1.165) is 5.39 Å². The Hall–Kier alpha value is -3.12. The second-order valence-electron chi connectivity index (χ2n) is 5.58. The quantitative estimate of drug-likeness (QED) is 0.682. The van der Waals surface area contributed by atoms with Gasteiger partial charge in [0.1, 0.15) is 17.1 Å². The number of carbonyl (C=O) groups is 2. The summed E-state index contributed by atoms with van der Waals surface area (Å²) in [6.45, 7) is 1.43. The molecule has 132 valence electrons. The third kappa shape index (κ3) is 3.75. The van der Waals surface area contributed by atoms with Gasteiger partial charge in [-0.2, -0.15) is 0 Å². The molecular formula is C19H15ClN2O4. The van der Waals surface area contributed by atoms with Gasteiger partial charge in [-0.05, 0) is 30.5 Å². The number of fused-ring (bicyclic) bond motifs is 1. The van der Waals surface area contributed by atoms with Gasteiger partial charge < -0.3 is 15.2 Å². The van der Waals surface area contributed by atoms with Gasteiger partial charge in [-0.1, -0.05) is 41.9 Å². The van der Waals surface area contributed by atoms with E-state index in [1.165, 1.54) is 25.3 Å². The third-order valence-electron chi connectivity index (χ3n) is 3.75. The maximum atomic E-state index is 12.3. The highest BCUT2D eigenvalue weighted by molar-refractivity contribution is 6.30. The minimum absolute atomic E-state index is 0.00651.